The molecule has 6 nitrogen and oxygen atoms in total. The molecule has 1 unspecified atom stereocenters. The van der Waals surface area contributed by atoms with E-state index in [1.807, 2.05) is 24.3 Å². The monoisotopic (exact) mass is 291 g/mol. The fraction of sp³-hybridized carbons (Fsp3) is 0.467. The number of carbonyl (C=O) groups excluding carboxylic acids is 1. The van der Waals surface area contributed by atoms with Crippen molar-refractivity contribution in [3.05, 3.63) is 29.8 Å². The minimum atomic E-state index is -0.434. The lowest BCUT2D eigenvalue weighted by Crippen LogP contribution is -2.26. The first-order chi connectivity index (χ1) is 10.2. The van der Waals surface area contributed by atoms with Crippen LogP contribution in [-0.4, -0.2) is 38.7 Å². The van der Waals surface area contributed by atoms with Crippen LogP contribution >= 0.6 is 0 Å². The molecule has 114 valence electrons. The van der Waals surface area contributed by atoms with Gasteiger partial charge in [0.25, 0.3) is 5.91 Å². The number of hydrogen-bond acceptors (Lipinski definition) is 4. The van der Waals surface area contributed by atoms with Crippen molar-refractivity contribution in [1.82, 2.24) is 10.6 Å². The maximum absolute atomic E-state index is 12.0. The molecule has 1 aliphatic heterocycles. The third-order valence-electron chi connectivity index (χ3n) is 3.01. The molecule has 0 aliphatic carbocycles. The summed E-state index contributed by atoms with van der Waals surface area (Å²) in [5.41, 5.74) is 0.859. The number of benzene rings is 1. The van der Waals surface area contributed by atoms with Gasteiger partial charge >= 0.3 is 0 Å². The summed E-state index contributed by atoms with van der Waals surface area (Å²) in [7, 11) is 1.62. The predicted molar refractivity (Wildman–Crippen MR) is 80.4 cm³/mol. The number of methoxy groups -OCH3 is 1. The van der Waals surface area contributed by atoms with Crippen molar-refractivity contribution in [2.45, 2.75) is 19.4 Å². The Morgan fingerprint density at radius 3 is 2.95 bits per heavy atom. The molecule has 0 spiro atoms. The van der Waals surface area contributed by atoms with Crippen molar-refractivity contribution in [1.29, 1.82) is 0 Å². The quantitative estimate of drug-likeness (QED) is 0.741. The van der Waals surface area contributed by atoms with Crippen molar-refractivity contribution in [3.8, 4) is 5.75 Å². The van der Waals surface area contributed by atoms with E-state index in [2.05, 4.69) is 22.5 Å². The standard InChI is InChI=1S/C15H21N3O3/c1-3-8-21-12-6-4-5-11(10-12)13-14(19)18-15(17-13)16-7-9-20-2/h4-6,10,13H,3,7-9H2,1-2H3,(H2,16,17,18,19). The number of carbonyl (C=O) groups is 1. The summed E-state index contributed by atoms with van der Waals surface area (Å²) in [5, 5.41) is 5.81. The van der Waals surface area contributed by atoms with Gasteiger partial charge in [-0.2, -0.15) is 0 Å². The van der Waals surface area contributed by atoms with Gasteiger partial charge in [-0.05, 0) is 24.1 Å². The highest BCUT2D eigenvalue weighted by molar-refractivity contribution is 6.06. The van der Waals surface area contributed by atoms with Gasteiger partial charge in [-0.25, -0.2) is 0 Å². The first kappa shape index (κ1) is 15.3. The van der Waals surface area contributed by atoms with Gasteiger partial charge in [0.1, 0.15) is 11.8 Å². The van der Waals surface area contributed by atoms with Gasteiger partial charge in [0.05, 0.1) is 19.8 Å². The second-order valence-corrected chi connectivity index (χ2v) is 4.71. The zero-order chi connectivity index (χ0) is 15.1. The van der Waals surface area contributed by atoms with Crippen molar-refractivity contribution >= 4 is 11.9 Å². The van der Waals surface area contributed by atoms with E-state index in [-0.39, 0.29) is 5.91 Å². The van der Waals surface area contributed by atoms with E-state index >= 15 is 0 Å². The number of guanidine groups is 1. The van der Waals surface area contributed by atoms with Crippen LogP contribution in [0, 0.1) is 0 Å². The smallest absolute Gasteiger partial charge is 0.253 e. The highest BCUT2D eigenvalue weighted by atomic mass is 16.5. The zero-order valence-electron chi connectivity index (χ0n) is 12.4. The number of ether oxygens (including phenoxy) is 2. The zero-order valence-corrected chi connectivity index (χ0v) is 12.4. The summed E-state index contributed by atoms with van der Waals surface area (Å²) in [4.78, 5) is 16.2. The van der Waals surface area contributed by atoms with Gasteiger partial charge in [-0.1, -0.05) is 19.1 Å². The van der Waals surface area contributed by atoms with E-state index in [4.69, 9.17) is 9.47 Å². The molecule has 2 N–H and O–H groups in total. The number of rotatable bonds is 7. The predicted octanol–water partition coefficient (Wildman–Crippen LogP) is 1.24. The highest BCUT2D eigenvalue weighted by Gasteiger charge is 2.29. The maximum Gasteiger partial charge on any atom is 0.253 e. The van der Waals surface area contributed by atoms with Gasteiger partial charge < -0.3 is 14.8 Å². The van der Waals surface area contributed by atoms with Crippen molar-refractivity contribution < 1.29 is 14.3 Å². The average molecular weight is 291 g/mol. The van der Waals surface area contributed by atoms with E-state index in [9.17, 15) is 4.79 Å². The molecular weight excluding hydrogens is 270 g/mol. The third kappa shape index (κ3) is 4.19. The number of hydrogen-bond donors (Lipinski definition) is 2. The highest BCUT2D eigenvalue weighted by Crippen LogP contribution is 2.21. The molecule has 0 radical (unpaired) electrons. The van der Waals surface area contributed by atoms with E-state index in [1.165, 1.54) is 0 Å². The van der Waals surface area contributed by atoms with E-state index in [1.54, 1.807) is 7.11 Å². The first-order valence-corrected chi connectivity index (χ1v) is 7.08. The van der Waals surface area contributed by atoms with E-state index in [0.29, 0.717) is 25.7 Å². The molecule has 0 bridgehead atoms. The molecule has 1 amide bonds. The molecule has 0 saturated carbocycles. The maximum atomic E-state index is 12.0. The minimum Gasteiger partial charge on any atom is -0.494 e. The van der Waals surface area contributed by atoms with Crippen LogP contribution in [0.1, 0.15) is 24.9 Å². The lowest BCUT2D eigenvalue weighted by Gasteiger charge is -2.10. The summed E-state index contributed by atoms with van der Waals surface area (Å²) in [6.07, 6.45) is 0.947. The molecule has 1 fully saturated rings. The lowest BCUT2D eigenvalue weighted by molar-refractivity contribution is -0.120. The first-order valence-electron chi connectivity index (χ1n) is 7.08. The Kier molecular flexibility index (Phi) is 5.57. The summed E-state index contributed by atoms with van der Waals surface area (Å²) >= 11 is 0. The molecule has 1 saturated heterocycles. The van der Waals surface area contributed by atoms with Crippen molar-refractivity contribution in [2.24, 2.45) is 4.99 Å². The van der Waals surface area contributed by atoms with Gasteiger partial charge in [-0.15, -0.1) is 0 Å². The molecule has 1 aromatic carbocycles. The van der Waals surface area contributed by atoms with E-state index < -0.39 is 6.04 Å². The molecular formula is C15H21N3O3. The number of nitrogens with one attached hydrogen (secondary N) is 2. The second kappa shape index (κ2) is 7.64. The Hall–Kier alpha value is -2.08. The van der Waals surface area contributed by atoms with Crippen LogP contribution in [0.3, 0.4) is 0 Å². The third-order valence-corrected chi connectivity index (χ3v) is 3.01. The minimum absolute atomic E-state index is 0.112. The topological polar surface area (TPSA) is 71.9 Å². The summed E-state index contributed by atoms with van der Waals surface area (Å²) < 4.78 is 10.5. The van der Waals surface area contributed by atoms with Crippen LogP contribution in [0.5, 0.6) is 5.75 Å². The van der Waals surface area contributed by atoms with Crippen molar-refractivity contribution in [3.63, 3.8) is 0 Å². The van der Waals surface area contributed by atoms with Crippen LogP contribution in [0.4, 0.5) is 0 Å². The fourth-order valence-electron chi connectivity index (χ4n) is 2.00. The molecule has 0 aromatic heterocycles. The van der Waals surface area contributed by atoms with E-state index in [0.717, 1.165) is 17.7 Å². The number of aliphatic imine (C=N–C) groups is 1. The molecule has 1 aliphatic rings. The Morgan fingerprint density at radius 2 is 2.19 bits per heavy atom. The molecule has 1 heterocycles. The SMILES string of the molecule is CCCOc1cccc(C2NC(=NCCOC)NC2=O)c1. The van der Waals surface area contributed by atoms with Gasteiger partial charge in [-0.3, -0.25) is 15.1 Å². The van der Waals surface area contributed by atoms with Gasteiger partial charge in [0.15, 0.2) is 5.96 Å². The van der Waals surface area contributed by atoms with Gasteiger partial charge in [0, 0.05) is 7.11 Å². The Balaban J connectivity index is 2.04. The molecule has 6 heteroatoms. The summed E-state index contributed by atoms with van der Waals surface area (Å²) in [5.74, 6) is 1.15. The normalized spacial score (nSPS) is 19.4. The van der Waals surface area contributed by atoms with Crippen LogP contribution in [-0.2, 0) is 9.53 Å². The summed E-state index contributed by atoms with van der Waals surface area (Å²) in [6, 6.07) is 7.12. The fourth-order valence-corrected chi connectivity index (χ4v) is 2.00. The molecule has 1 atom stereocenters. The van der Waals surface area contributed by atoms with Crippen molar-refractivity contribution in [2.75, 3.05) is 26.9 Å². The Labute approximate surface area is 124 Å². The van der Waals surface area contributed by atoms with Crippen LogP contribution < -0.4 is 15.4 Å². The summed E-state index contributed by atoms with van der Waals surface area (Å²) in [6.45, 7) is 3.74. The molecule has 2 rings (SSSR count). The molecule has 21 heavy (non-hydrogen) atoms. The Bertz CT molecular complexity index is 517. The van der Waals surface area contributed by atoms with Crippen LogP contribution in [0.15, 0.2) is 29.3 Å². The Morgan fingerprint density at radius 1 is 1.33 bits per heavy atom. The van der Waals surface area contributed by atoms with Crippen LogP contribution in [0.2, 0.25) is 0 Å². The van der Waals surface area contributed by atoms with Gasteiger partial charge in [0.2, 0.25) is 0 Å². The second-order valence-electron chi connectivity index (χ2n) is 4.71. The number of nitrogens with zero attached hydrogens (tertiary/aromatic N) is 1. The average Bonchev–Trinajstić information content (AvgIpc) is 2.87. The number of amides is 1. The molecule has 1 aromatic rings. The largest absolute Gasteiger partial charge is 0.494 e. The lowest BCUT2D eigenvalue weighted by atomic mass is 10.1. The van der Waals surface area contributed by atoms with Crippen LogP contribution in [0.25, 0.3) is 0 Å².